The Kier molecular flexibility index (Phi) is 3.92. The van der Waals surface area contributed by atoms with Crippen molar-refractivity contribution in [2.45, 2.75) is 4.90 Å². The molecule has 2 nitrogen and oxygen atoms in total. The Hall–Kier alpha value is -1.39. The summed E-state index contributed by atoms with van der Waals surface area (Å²) in [7, 11) is -3.15. The van der Waals surface area contributed by atoms with Gasteiger partial charge in [0.25, 0.3) is 0 Å². The van der Waals surface area contributed by atoms with Gasteiger partial charge in [-0.1, -0.05) is 46.8 Å². The van der Waals surface area contributed by atoms with Crippen LogP contribution < -0.4 is 0 Å². The van der Waals surface area contributed by atoms with Crippen molar-refractivity contribution in [2.75, 3.05) is 6.26 Å². The number of sulfone groups is 1. The van der Waals surface area contributed by atoms with E-state index < -0.39 is 9.84 Å². The molecule has 0 atom stereocenters. The molecule has 2 aromatic carbocycles. The second kappa shape index (κ2) is 5.31. The van der Waals surface area contributed by atoms with E-state index in [9.17, 15) is 8.42 Å². The second-order valence-corrected chi connectivity index (χ2v) is 7.22. The normalized spacial score (nSPS) is 11.3. The highest BCUT2D eigenvalue weighted by molar-refractivity contribution is 9.10. The zero-order valence-electron chi connectivity index (χ0n) is 10.4. The van der Waals surface area contributed by atoms with E-state index in [4.69, 9.17) is 0 Å². The Morgan fingerprint density at radius 1 is 1.05 bits per heavy atom. The fraction of sp³-hybridized carbons (Fsp3) is 0.0667. The van der Waals surface area contributed by atoms with Crippen LogP contribution in [-0.2, 0) is 9.84 Å². The van der Waals surface area contributed by atoms with Crippen molar-refractivity contribution < 1.29 is 8.42 Å². The maximum Gasteiger partial charge on any atom is 0.175 e. The Bertz CT molecular complexity index is 716. The van der Waals surface area contributed by atoms with Crippen LogP contribution in [0.1, 0.15) is 11.1 Å². The molecule has 0 unspecified atom stereocenters. The van der Waals surface area contributed by atoms with Crippen molar-refractivity contribution in [3.05, 3.63) is 70.7 Å². The van der Waals surface area contributed by atoms with Crippen LogP contribution in [-0.4, -0.2) is 14.7 Å². The highest BCUT2D eigenvalue weighted by Crippen LogP contribution is 2.25. The van der Waals surface area contributed by atoms with Crippen molar-refractivity contribution in [1.29, 1.82) is 0 Å². The zero-order valence-corrected chi connectivity index (χ0v) is 12.8. The molecule has 0 spiro atoms. The van der Waals surface area contributed by atoms with Crippen molar-refractivity contribution >= 4 is 31.3 Å². The number of rotatable bonds is 3. The van der Waals surface area contributed by atoms with E-state index >= 15 is 0 Å². The number of benzene rings is 2. The summed E-state index contributed by atoms with van der Waals surface area (Å²) >= 11 is 3.42. The smallest absolute Gasteiger partial charge is 0.175 e. The molecule has 98 valence electrons. The topological polar surface area (TPSA) is 34.1 Å². The lowest BCUT2D eigenvalue weighted by molar-refractivity contribution is 0.602. The van der Waals surface area contributed by atoms with Crippen molar-refractivity contribution in [3.8, 4) is 0 Å². The number of hydrogen-bond donors (Lipinski definition) is 0. The van der Waals surface area contributed by atoms with Crippen LogP contribution in [0.15, 0.2) is 64.5 Å². The monoisotopic (exact) mass is 336 g/mol. The molecule has 0 N–H and O–H groups in total. The van der Waals surface area contributed by atoms with Crippen molar-refractivity contribution in [2.24, 2.45) is 0 Å². The average molecular weight is 337 g/mol. The molecule has 2 aromatic rings. The third-order valence-corrected chi connectivity index (χ3v) is 4.43. The number of halogens is 1. The van der Waals surface area contributed by atoms with E-state index in [1.165, 1.54) is 6.26 Å². The first kappa shape index (κ1) is 14.0. The van der Waals surface area contributed by atoms with Crippen LogP contribution in [0.4, 0.5) is 0 Å². The summed E-state index contributed by atoms with van der Waals surface area (Å²) < 4.78 is 23.8. The summed E-state index contributed by atoms with van der Waals surface area (Å²) in [6, 6.07) is 14.6. The standard InChI is InChI=1S/C15H13BrO2S/c1-11(13-4-3-5-14(16)10-13)12-6-8-15(9-7-12)19(2,17)18/h3-10H,1H2,2H3. The lowest BCUT2D eigenvalue weighted by atomic mass is 10.00. The van der Waals surface area contributed by atoms with Gasteiger partial charge < -0.3 is 0 Å². The molecule has 0 radical (unpaired) electrons. The lowest BCUT2D eigenvalue weighted by Gasteiger charge is -2.07. The highest BCUT2D eigenvalue weighted by Gasteiger charge is 2.08. The largest absolute Gasteiger partial charge is 0.224 e. The van der Waals surface area contributed by atoms with Gasteiger partial charge in [-0.05, 0) is 41.0 Å². The van der Waals surface area contributed by atoms with Crippen LogP contribution >= 0.6 is 15.9 Å². The zero-order chi connectivity index (χ0) is 14.0. The molecule has 0 aliphatic carbocycles. The molecule has 0 amide bonds. The van der Waals surface area contributed by atoms with Crippen LogP contribution in [0.2, 0.25) is 0 Å². The molecular weight excluding hydrogens is 324 g/mol. The quantitative estimate of drug-likeness (QED) is 0.851. The summed E-state index contributed by atoms with van der Waals surface area (Å²) in [6.45, 7) is 4.06. The molecule has 0 aliphatic heterocycles. The van der Waals surface area contributed by atoms with Crippen LogP contribution in [0, 0.1) is 0 Å². The summed E-state index contributed by atoms with van der Waals surface area (Å²) in [4.78, 5) is 0.318. The second-order valence-electron chi connectivity index (χ2n) is 4.29. The first-order valence-corrected chi connectivity index (χ1v) is 8.32. The molecule has 0 fully saturated rings. The van der Waals surface area contributed by atoms with E-state index in [2.05, 4.69) is 22.5 Å². The maximum atomic E-state index is 11.4. The van der Waals surface area contributed by atoms with E-state index in [1.54, 1.807) is 24.3 Å². The predicted molar refractivity (Wildman–Crippen MR) is 81.8 cm³/mol. The summed E-state index contributed by atoms with van der Waals surface area (Å²) in [5.41, 5.74) is 2.77. The molecular formula is C15H13BrO2S. The van der Waals surface area contributed by atoms with Gasteiger partial charge in [-0.2, -0.15) is 0 Å². The fourth-order valence-corrected chi connectivity index (χ4v) is 2.78. The fourth-order valence-electron chi connectivity index (χ4n) is 1.75. The van der Waals surface area contributed by atoms with Crippen LogP contribution in [0.5, 0.6) is 0 Å². The lowest BCUT2D eigenvalue weighted by Crippen LogP contribution is -1.97. The average Bonchev–Trinajstić information content (AvgIpc) is 2.37. The third-order valence-electron chi connectivity index (χ3n) is 2.80. The van der Waals surface area contributed by atoms with Gasteiger partial charge in [0.15, 0.2) is 9.84 Å². The van der Waals surface area contributed by atoms with Gasteiger partial charge in [0.2, 0.25) is 0 Å². The molecule has 0 aromatic heterocycles. The molecule has 0 aliphatic rings. The van der Waals surface area contributed by atoms with Gasteiger partial charge in [-0.15, -0.1) is 0 Å². The first-order chi connectivity index (χ1) is 8.88. The minimum absolute atomic E-state index is 0.318. The Morgan fingerprint density at radius 2 is 1.68 bits per heavy atom. The molecule has 0 bridgehead atoms. The molecule has 0 heterocycles. The van der Waals surface area contributed by atoms with Gasteiger partial charge in [-0.25, -0.2) is 8.42 Å². The van der Waals surface area contributed by atoms with Crippen molar-refractivity contribution in [1.82, 2.24) is 0 Å². The van der Waals surface area contributed by atoms with E-state index in [0.717, 1.165) is 21.2 Å². The molecule has 0 saturated carbocycles. The van der Waals surface area contributed by atoms with E-state index in [0.29, 0.717) is 4.90 Å². The third kappa shape index (κ3) is 3.33. The highest BCUT2D eigenvalue weighted by atomic mass is 79.9. The molecule has 0 saturated heterocycles. The minimum Gasteiger partial charge on any atom is -0.224 e. The van der Waals surface area contributed by atoms with Gasteiger partial charge in [0, 0.05) is 10.7 Å². The molecule has 19 heavy (non-hydrogen) atoms. The molecule has 4 heteroatoms. The Balaban J connectivity index is 2.35. The van der Waals surface area contributed by atoms with Gasteiger partial charge >= 0.3 is 0 Å². The minimum atomic E-state index is -3.15. The molecule has 2 rings (SSSR count). The summed E-state index contributed by atoms with van der Waals surface area (Å²) in [6.07, 6.45) is 1.20. The summed E-state index contributed by atoms with van der Waals surface area (Å²) in [5, 5.41) is 0. The van der Waals surface area contributed by atoms with Gasteiger partial charge in [-0.3, -0.25) is 0 Å². The SMILES string of the molecule is C=C(c1ccc(S(C)(=O)=O)cc1)c1cccc(Br)c1. The van der Waals surface area contributed by atoms with E-state index in [1.807, 2.05) is 24.3 Å². The van der Waals surface area contributed by atoms with Crippen molar-refractivity contribution in [3.63, 3.8) is 0 Å². The maximum absolute atomic E-state index is 11.4. The van der Waals surface area contributed by atoms with E-state index in [-0.39, 0.29) is 0 Å². The van der Waals surface area contributed by atoms with Crippen LogP contribution in [0.25, 0.3) is 5.57 Å². The Labute approximate surface area is 121 Å². The Morgan fingerprint density at radius 3 is 2.21 bits per heavy atom. The first-order valence-electron chi connectivity index (χ1n) is 5.63. The van der Waals surface area contributed by atoms with Gasteiger partial charge in [0.1, 0.15) is 0 Å². The predicted octanol–water partition coefficient (Wildman–Crippen LogP) is 3.91. The number of hydrogen-bond acceptors (Lipinski definition) is 2. The van der Waals surface area contributed by atoms with Crippen LogP contribution in [0.3, 0.4) is 0 Å². The summed E-state index contributed by atoms with van der Waals surface area (Å²) in [5.74, 6) is 0. The van der Waals surface area contributed by atoms with Gasteiger partial charge in [0.05, 0.1) is 4.90 Å².